The van der Waals surface area contributed by atoms with Gasteiger partial charge in [0.05, 0.1) is 17.8 Å². The summed E-state index contributed by atoms with van der Waals surface area (Å²) in [4.78, 5) is 20.7. The number of aromatic nitrogens is 5. The fourth-order valence-electron chi connectivity index (χ4n) is 5.61. The Morgan fingerprint density at radius 1 is 1.16 bits per heavy atom. The molecule has 1 aliphatic heterocycles. The van der Waals surface area contributed by atoms with Gasteiger partial charge in [-0.25, -0.2) is 9.78 Å². The molecule has 3 aromatic heterocycles. The zero-order chi connectivity index (χ0) is 21.4. The van der Waals surface area contributed by atoms with E-state index in [0.29, 0.717) is 5.92 Å². The van der Waals surface area contributed by atoms with Crippen LogP contribution >= 0.6 is 0 Å². The number of likely N-dealkylation sites (tertiary alicyclic amines) is 1. The highest BCUT2D eigenvalue weighted by Crippen LogP contribution is 2.28. The van der Waals surface area contributed by atoms with Gasteiger partial charge in [0, 0.05) is 50.2 Å². The van der Waals surface area contributed by atoms with Crippen molar-refractivity contribution in [1.29, 1.82) is 0 Å². The topological polar surface area (TPSA) is 60.9 Å². The van der Waals surface area contributed by atoms with Crippen LogP contribution in [0.2, 0.25) is 0 Å². The number of pyridine rings is 1. The lowest BCUT2D eigenvalue weighted by Crippen LogP contribution is -2.31. The maximum Gasteiger partial charge on any atom is 0.330 e. The molecule has 5 rings (SSSR count). The molecule has 1 aliphatic carbocycles. The van der Waals surface area contributed by atoms with E-state index >= 15 is 0 Å². The Labute approximate surface area is 183 Å². The highest BCUT2D eigenvalue weighted by atomic mass is 16.1. The minimum Gasteiger partial charge on any atom is -0.297 e. The molecule has 1 atom stereocenters. The van der Waals surface area contributed by atoms with Crippen LogP contribution in [0.5, 0.6) is 0 Å². The minimum atomic E-state index is 0.126. The zero-order valence-electron chi connectivity index (χ0n) is 18.8. The average molecular weight is 423 g/mol. The molecule has 0 aromatic carbocycles. The maximum absolute atomic E-state index is 13.6. The third-order valence-electron chi connectivity index (χ3n) is 7.40. The lowest BCUT2D eigenvalue weighted by Gasteiger charge is -2.21. The summed E-state index contributed by atoms with van der Waals surface area (Å²) in [6, 6.07) is 4.20. The monoisotopic (exact) mass is 422 g/mol. The summed E-state index contributed by atoms with van der Waals surface area (Å²) in [5, 5.41) is 4.49. The molecule has 0 amide bonds. The number of nitrogens with zero attached hydrogens (tertiary/aromatic N) is 6. The lowest BCUT2D eigenvalue weighted by atomic mass is 9.89. The third-order valence-corrected chi connectivity index (χ3v) is 7.40. The molecule has 7 heteroatoms. The molecule has 0 bridgehead atoms. The average Bonchev–Trinajstić information content (AvgIpc) is 3.47. The number of imidazole rings is 1. The van der Waals surface area contributed by atoms with Gasteiger partial charge in [-0.3, -0.25) is 18.7 Å². The third kappa shape index (κ3) is 3.84. The molecule has 2 aliphatic rings. The van der Waals surface area contributed by atoms with Crippen LogP contribution in [0.25, 0.3) is 11.2 Å². The van der Waals surface area contributed by atoms with E-state index in [1.807, 2.05) is 27.6 Å². The van der Waals surface area contributed by atoms with E-state index in [9.17, 15) is 4.79 Å². The Hall–Kier alpha value is -2.41. The molecule has 4 heterocycles. The fourth-order valence-corrected chi connectivity index (χ4v) is 5.61. The first-order chi connectivity index (χ1) is 15.2. The largest absolute Gasteiger partial charge is 0.330 e. The molecule has 166 valence electrons. The second kappa shape index (κ2) is 8.61. The van der Waals surface area contributed by atoms with E-state index in [0.717, 1.165) is 50.3 Å². The number of hydrogen-bond acceptors (Lipinski definition) is 4. The SMILES string of the molecule is CCn1ncc(CN2CC[C@@H](n3c(=O)n(CC4CCCCC4)c4cccnc43)C2)c1C. The Morgan fingerprint density at radius 3 is 2.77 bits per heavy atom. The molecule has 1 saturated carbocycles. The van der Waals surface area contributed by atoms with E-state index in [1.54, 1.807) is 0 Å². The van der Waals surface area contributed by atoms with Crippen molar-refractivity contribution in [2.45, 2.75) is 78.0 Å². The normalized spacial score (nSPS) is 20.8. The first-order valence-corrected chi connectivity index (χ1v) is 11.9. The molecule has 31 heavy (non-hydrogen) atoms. The number of hydrogen-bond donors (Lipinski definition) is 0. The van der Waals surface area contributed by atoms with Crippen molar-refractivity contribution >= 4 is 11.2 Å². The van der Waals surface area contributed by atoms with Gasteiger partial charge in [0.1, 0.15) is 0 Å². The second-order valence-corrected chi connectivity index (χ2v) is 9.36. The van der Waals surface area contributed by atoms with Crippen molar-refractivity contribution in [3.8, 4) is 0 Å². The lowest BCUT2D eigenvalue weighted by molar-refractivity contribution is 0.308. The van der Waals surface area contributed by atoms with Crippen molar-refractivity contribution in [3.63, 3.8) is 0 Å². The molecule has 1 saturated heterocycles. The number of rotatable bonds is 6. The van der Waals surface area contributed by atoms with E-state index in [1.165, 1.54) is 43.4 Å². The van der Waals surface area contributed by atoms with Crippen molar-refractivity contribution in [2.75, 3.05) is 13.1 Å². The van der Waals surface area contributed by atoms with Crippen LogP contribution < -0.4 is 5.69 Å². The molecule has 3 aromatic rings. The van der Waals surface area contributed by atoms with Gasteiger partial charge in [0.25, 0.3) is 0 Å². The van der Waals surface area contributed by atoms with E-state index in [4.69, 9.17) is 0 Å². The van der Waals surface area contributed by atoms with Crippen LogP contribution in [0.3, 0.4) is 0 Å². The highest BCUT2D eigenvalue weighted by molar-refractivity contribution is 5.71. The summed E-state index contributed by atoms with van der Waals surface area (Å²) in [5.74, 6) is 0.615. The van der Waals surface area contributed by atoms with Gasteiger partial charge in [0.15, 0.2) is 5.65 Å². The van der Waals surface area contributed by atoms with Crippen LogP contribution in [0.4, 0.5) is 0 Å². The molecular weight excluding hydrogens is 388 g/mol. The van der Waals surface area contributed by atoms with Crippen LogP contribution in [0, 0.1) is 12.8 Å². The van der Waals surface area contributed by atoms with Gasteiger partial charge >= 0.3 is 5.69 Å². The Morgan fingerprint density at radius 2 is 2.00 bits per heavy atom. The second-order valence-electron chi connectivity index (χ2n) is 9.36. The summed E-state index contributed by atoms with van der Waals surface area (Å²) in [7, 11) is 0. The van der Waals surface area contributed by atoms with Crippen molar-refractivity contribution < 1.29 is 0 Å². The van der Waals surface area contributed by atoms with E-state index in [-0.39, 0.29) is 11.7 Å². The quantitative estimate of drug-likeness (QED) is 0.607. The summed E-state index contributed by atoms with van der Waals surface area (Å²) in [5.41, 5.74) is 4.50. The summed E-state index contributed by atoms with van der Waals surface area (Å²) >= 11 is 0. The fraction of sp³-hybridized carbons (Fsp3) is 0.625. The van der Waals surface area contributed by atoms with Gasteiger partial charge in [-0.05, 0) is 51.2 Å². The van der Waals surface area contributed by atoms with Gasteiger partial charge < -0.3 is 0 Å². The van der Waals surface area contributed by atoms with Crippen molar-refractivity contribution in [1.82, 2.24) is 28.8 Å². The van der Waals surface area contributed by atoms with E-state index < -0.39 is 0 Å². The molecule has 0 radical (unpaired) electrons. The number of fused-ring (bicyclic) bond motifs is 1. The van der Waals surface area contributed by atoms with Crippen LogP contribution in [0.15, 0.2) is 29.3 Å². The molecule has 0 unspecified atom stereocenters. The summed E-state index contributed by atoms with van der Waals surface area (Å²) in [6.07, 6.45) is 11.2. The molecule has 2 fully saturated rings. The van der Waals surface area contributed by atoms with Gasteiger partial charge in [-0.1, -0.05) is 19.3 Å². The molecule has 0 spiro atoms. The first-order valence-electron chi connectivity index (χ1n) is 11.9. The summed E-state index contributed by atoms with van der Waals surface area (Å²) in [6.45, 7) is 8.78. The maximum atomic E-state index is 13.6. The Bertz CT molecular complexity index is 1100. The van der Waals surface area contributed by atoms with Crippen LogP contribution in [-0.2, 0) is 19.6 Å². The Kier molecular flexibility index (Phi) is 5.69. The van der Waals surface area contributed by atoms with Crippen LogP contribution in [0.1, 0.15) is 62.7 Å². The van der Waals surface area contributed by atoms with Gasteiger partial charge in [-0.15, -0.1) is 0 Å². The predicted molar refractivity (Wildman–Crippen MR) is 122 cm³/mol. The summed E-state index contributed by atoms with van der Waals surface area (Å²) < 4.78 is 6.05. The van der Waals surface area contributed by atoms with Crippen LogP contribution in [-0.4, -0.2) is 41.9 Å². The molecule has 7 nitrogen and oxygen atoms in total. The van der Waals surface area contributed by atoms with Crippen molar-refractivity contribution in [3.05, 3.63) is 46.3 Å². The smallest absolute Gasteiger partial charge is 0.297 e. The molecular formula is C24H34N6O. The first kappa shape index (κ1) is 20.5. The van der Waals surface area contributed by atoms with Crippen molar-refractivity contribution in [2.24, 2.45) is 5.92 Å². The zero-order valence-corrected chi connectivity index (χ0v) is 18.8. The molecule has 0 N–H and O–H groups in total. The minimum absolute atomic E-state index is 0.126. The standard InChI is InChI=1S/C24H34N6O/c1-3-29-18(2)20(14-26-29)16-27-13-11-21(17-27)30-23-22(10-7-12-25-23)28(24(30)31)15-19-8-5-4-6-9-19/h7,10,12,14,19,21H,3-6,8-9,11,13,15-17H2,1-2H3/t21-/m1/s1. The van der Waals surface area contributed by atoms with E-state index in [2.05, 4.69) is 39.6 Å². The van der Waals surface area contributed by atoms with Gasteiger partial charge in [0.2, 0.25) is 0 Å². The Balaban J connectivity index is 1.39. The predicted octanol–water partition coefficient (Wildman–Crippen LogP) is 3.75. The highest BCUT2D eigenvalue weighted by Gasteiger charge is 2.29. The van der Waals surface area contributed by atoms with Gasteiger partial charge in [-0.2, -0.15) is 5.10 Å². The number of aryl methyl sites for hydroxylation is 1.